The Labute approximate surface area is 213 Å². The molecule has 1 aromatic carbocycles. The van der Waals surface area contributed by atoms with Crippen LogP contribution in [0.25, 0.3) is 0 Å². The lowest BCUT2D eigenvalue weighted by atomic mass is 9.74. The SMILES string of the molecule is CO[C@]12CCCCCC[C@@H]1[C@@H](c1ccccc1)C=[N+](O[Si](C)(C)C(C)(C)C)O2.O=S(=O)([O-])C(F)(F)F. The molecule has 206 valence electrons. The lowest BCUT2D eigenvalue weighted by molar-refractivity contribution is -0.971. The second-order valence-corrected chi connectivity index (χ2v) is 16.9. The van der Waals surface area contributed by atoms with Crippen LogP contribution in [0, 0.1) is 5.92 Å². The minimum atomic E-state index is -6.09. The predicted octanol–water partition coefficient (Wildman–Crippen LogP) is 6.10. The Morgan fingerprint density at radius 2 is 1.64 bits per heavy atom. The number of methoxy groups -OCH3 is 1. The van der Waals surface area contributed by atoms with Crippen molar-refractivity contribution < 1.29 is 45.1 Å². The van der Waals surface area contributed by atoms with E-state index >= 15 is 0 Å². The van der Waals surface area contributed by atoms with Crippen molar-refractivity contribution in [2.45, 2.75) is 94.6 Å². The maximum Gasteiger partial charge on any atom is 0.485 e. The first-order valence-electron chi connectivity index (χ1n) is 12.1. The van der Waals surface area contributed by atoms with Crippen molar-refractivity contribution >= 4 is 24.7 Å². The number of hydrogen-bond acceptors (Lipinski definition) is 6. The first-order valence-corrected chi connectivity index (χ1v) is 16.4. The molecule has 1 aliphatic heterocycles. The third-order valence-electron chi connectivity index (χ3n) is 7.25. The Hall–Kier alpha value is -1.63. The molecule has 0 aromatic heterocycles. The monoisotopic (exact) mass is 553 g/mol. The highest BCUT2D eigenvalue weighted by Gasteiger charge is 2.56. The van der Waals surface area contributed by atoms with Gasteiger partial charge in [-0.3, -0.25) is 0 Å². The molecule has 0 N–H and O–H groups in total. The zero-order valence-corrected chi connectivity index (χ0v) is 23.6. The average Bonchev–Trinajstić information content (AvgIpc) is 2.73. The number of benzene rings is 1. The molecule has 3 atom stereocenters. The van der Waals surface area contributed by atoms with Gasteiger partial charge in [0.25, 0.3) is 12.0 Å². The van der Waals surface area contributed by atoms with Gasteiger partial charge in [0.2, 0.25) is 0 Å². The molecule has 1 aromatic rings. The third kappa shape index (κ3) is 7.45. The molecule has 1 saturated carbocycles. The van der Waals surface area contributed by atoms with Crippen LogP contribution >= 0.6 is 0 Å². The van der Waals surface area contributed by atoms with E-state index in [2.05, 4.69) is 70.4 Å². The van der Waals surface area contributed by atoms with E-state index in [4.69, 9.17) is 27.1 Å². The fourth-order valence-corrected chi connectivity index (χ4v) is 5.00. The van der Waals surface area contributed by atoms with Crippen LogP contribution in [0.2, 0.25) is 18.1 Å². The zero-order chi connectivity index (χ0) is 27.4. The summed E-state index contributed by atoms with van der Waals surface area (Å²) < 4.78 is 71.6. The fourth-order valence-electron chi connectivity index (χ4n) is 4.17. The summed E-state index contributed by atoms with van der Waals surface area (Å²) >= 11 is 0. The molecule has 0 radical (unpaired) electrons. The summed E-state index contributed by atoms with van der Waals surface area (Å²) in [6.07, 6.45) is 9.05. The van der Waals surface area contributed by atoms with Crippen LogP contribution in [0.5, 0.6) is 0 Å². The highest BCUT2D eigenvalue weighted by atomic mass is 32.2. The molecular weight excluding hydrogens is 515 g/mol. The van der Waals surface area contributed by atoms with Gasteiger partial charge in [-0.2, -0.15) is 18.0 Å². The van der Waals surface area contributed by atoms with Crippen molar-refractivity contribution in [1.29, 1.82) is 0 Å². The molecule has 7 nitrogen and oxygen atoms in total. The second-order valence-electron chi connectivity index (χ2n) is 10.8. The number of fused-ring (bicyclic) bond motifs is 1. The lowest BCUT2D eigenvalue weighted by Gasteiger charge is -2.42. The summed E-state index contributed by atoms with van der Waals surface area (Å²) in [4.78, 5) is 8.19. The maximum absolute atomic E-state index is 10.7. The van der Waals surface area contributed by atoms with Gasteiger partial charge in [0, 0.05) is 19.4 Å². The van der Waals surface area contributed by atoms with E-state index in [0.717, 1.165) is 19.3 Å². The van der Waals surface area contributed by atoms with Crippen LogP contribution in [0.3, 0.4) is 0 Å². The van der Waals surface area contributed by atoms with Gasteiger partial charge in [-0.1, -0.05) is 70.4 Å². The molecule has 1 aliphatic carbocycles. The van der Waals surface area contributed by atoms with Crippen molar-refractivity contribution in [2.75, 3.05) is 7.11 Å². The second kappa shape index (κ2) is 11.4. The molecule has 0 spiro atoms. The van der Waals surface area contributed by atoms with E-state index in [-0.39, 0.29) is 11.0 Å². The van der Waals surface area contributed by atoms with Gasteiger partial charge in [0.15, 0.2) is 15.0 Å². The summed E-state index contributed by atoms with van der Waals surface area (Å²) in [7, 11) is -6.33. The van der Waals surface area contributed by atoms with E-state index in [9.17, 15) is 13.2 Å². The number of rotatable bonds is 4. The summed E-state index contributed by atoms with van der Waals surface area (Å²) in [6, 6.07) is 10.8. The Bertz CT molecular complexity index is 995. The largest absolute Gasteiger partial charge is 0.741 e. The highest BCUT2D eigenvalue weighted by Crippen LogP contribution is 2.46. The summed E-state index contributed by atoms with van der Waals surface area (Å²) in [5, 5.41) is 0.102. The van der Waals surface area contributed by atoms with Crippen molar-refractivity contribution in [1.82, 2.24) is 0 Å². The van der Waals surface area contributed by atoms with Crippen molar-refractivity contribution in [3.05, 3.63) is 35.9 Å². The average molecular weight is 554 g/mol. The molecule has 12 heteroatoms. The molecule has 0 unspecified atom stereocenters. The smallest absolute Gasteiger partial charge is 0.485 e. The van der Waals surface area contributed by atoms with Crippen LogP contribution in [-0.4, -0.2) is 50.8 Å². The maximum atomic E-state index is 10.7. The van der Waals surface area contributed by atoms with E-state index in [1.54, 1.807) is 12.0 Å². The molecule has 1 heterocycles. The molecule has 0 bridgehead atoms. The van der Waals surface area contributed by atoms with E-state index in [1.807, 2.05) is 0 Å². The number of halogens is 3. The van der Waals surface area contributed by atoms with Gasteiger partial charge in [-0.15, -0.1) is 0 Å². The molecule has 0 amide bonds. The number of nitrogens with zero attached hydrogens (tertiary/aromatic N) is 1. The van der Waals surface area contributed by atoms with Crippen molar-refractivity contribution in [3.63, 3.8) is 0 Å². The van der Waals surface area contributed by atoms with Gasteiger partial charge in [-0.05, 0) is 36.5 Å². The Kier molecular flexibility index (Phi) is 9.69. The van der Waals surface area contributed by atoms with Crippen molar-refractivity contribution in [2.24, 2.45) is 5.92 Å². The summed E-state index contributed by atoms with van der Waals surface area (Å²) in [6.45, 7) is 11.3. The number of hydrogen-bond donors (Lipinski definition) is 0. The van der Waals surface area contributed by atoms with Gasteiger partial charge in [0.05, 0.1) is 5.92 Å². The summed E-state index contributed by atoms with van der Waals surface area (Å²) in [5.74, 6) is -0.116. The molecule has 3 rings (SSSR count). The Morgan fingerprint density at radius 1 is 1.08 bits per heavy atom. The first kappa shape index (κ1) is 30.6. The Balaban J connectivity index is 0.000000493. The van der Waals surface area contributed by atoms with Crippen molar-refractivity contribution in [3.8, 4) is 0 Å². The summed E-state index contributed by atoms with van der Waals surface area (Å²) in [5.41, 5.74) is -4.34. The normalized spacial score (nSPS) is 25.7. The van der Waals surface area contributed by atoms with E-state index < -0.39 is 29.7 Å². The predicted molar refractivity (Wildman–Crippen MR) is 132 cm³/mol. The van der Waals surface area contributed by atoms with Gasteiger partial charge in [0.1, 0.15) is 0 Å². The minimum absolute atomic E-state index is 0.102. The fraction of sp³-hybridized carbons (Fsp3) is 0.708. The van der Waals surface area contributed by atoms with E-state index in [0.29, 0.717) is 5.92 Å². The van der Waals surface area contributed by atoms with Crippen LogP contribution in [0.15, 0.2) is 30.3 Å². The topological polar surface area (TPSA) is 87.9 Å². The van der Waals surface area contributed by atoms with Gasteiger partial charge >= 0.3 is 13.8 Å². The standard InChI is InChI=1S/C23H38NO3Si.CHF3O3S/c1-22(2,3)28(5,6)27-24-18-20(19-14-10-9-11-15-19)21-16-12-7-8-13-17-23(21,25-4)26-24;2-1(3,4)8(5,6)7/h9-11,14-15,18,20-21H,7-8,12-13,16-17H2,1-6H3;(H,5,6,7)/q+1;/p-1/t20-,21-,23+;/m1./s1. The molecular formula is C24H38F3NO6SSi. The third-order valence-corrected chi connectivity index (χ3v) is 12.1. The van der Waals surface area contributed by atoms with Gasteiger partial charge < -0.3 is 13.8 Å². The number of ether oxygens (including phenoxy) is 1. The van der Waals surface area contributed by atoms with Crippen LogP contribution in [0.1, 0.15) is 70.8 Å². The molecule has 1 fully saturated rings. The van der Waals surface area contributed by atoms with Gasteiger partial charge in [-0.25, -0.2) is 8.42 Å². The van der Waals surface area contributed by atoms with E-state index in [1.165, 1.54) is 24.8 Å². The highest BCUT2D eigenvalue weighted by molar-refractivity contribution is 7.86. The first-order chi connectivity index (χ1) is 16.4. The zero-order valence-electron chi connectivity index (χ0n) is 21.8. The minimum Gasteiger partial charge on any atom is -0.741 e. The molecule has 2 aliphatic rings. The molecule has 0 saturated heterocycles. The Morgan fingerprint density at radius 3 is 2.14 bits per heavy atom. The van der Waals surface area contributed by atoms with Crippen LogP contribution < -0.4 is 0 Å². The molecule has 36 heavy (non-hydrogen) atoms. The number of alkyl halides is 3. The van der Waals surface area contributed by atoms with Crippen LogP contribution in [-0.2, 0) is 24.2 Å². The van der Waals surface area contributed by atoms with Crippen LogP contribution in [0.4, 0.5) is 13.2 Å². The lowest BCUT2D eigenvalue weighted by Crippen LogP contribution is -2.55. The quantitative estimate of drug-likeness (QED) is 0.254.